The number of hydrogen-bond donors (Lipinski definition) is 1. The highest BCUT2D eigenvalue weighted by atomic mass is 35.5. The lowest BCUT2D eigenvalue weighted by atomic mass is 9.94. The van der Waals surface area contributed by atoms with Gasteiger partial charge < -0.3 is 15.4 Å². The van der Waals surface area contributed by atoms with Gasteiger partial charge in [-0.1, -0.05) is 29.6 Å². The first-order valence-corrected chi connectivity index (χ1v) is 9.01. The van der Waals surface area contributed by atoms with E-state index in [2.05, 4.69) is 0 Å². The molecule has 1 unspecified atom stereocenters. The second-order valence-corrected chi connectivity index (χ2v) is 7.28. The van der Waals surface area contributed by atoms with Crippen LogP contribution in [0.25, 0.3) is 0 Å². The Hall–Kier alpha value is -0.880. The highest BCUT2D eigenvalue weighted by Crippen LogP contribution is 2.35. The van der Waals surface area contributed by atoms with E-state index >= 15 is 0 Å². The summed E-state index contributed by atoms with van der Waals surface area (Å²) in [7, 11) is 0. The van der Waals surface area contributed by atoms with Gasteiger partial charge in [-0.3, -0.25) is 4.79 Å². The molecule has 132 valence electrons. The summed E-state index contributed by atoms with van der Waals surface area (Å²) in [6.45, 7) is 1.85. The van der Waals surface area contributed by atoms with Gasteiger partial charge in [-0.15, -0.1) is 0 Å². The molecule has 24 heavy (non-hydrogen) atoms. The van der Waals surface area contributed by atoms with Crippen LogP contribution in [0.15, 0.2) is 12.1 Å². The van der Waals surface area contributed by atoms with Crippen molar-refractivity contribution in [3.63, 3.8) is 0 Å². The zero-order valence-electron chi connectivity index (χ0n) is 13.3. The summed E-state index contributed by atoms with van der Waals surface area (Å²) in [6.07, 6.45) is 2.49. The zero-order valence-corrected chi connectivity index (χ0v) is 14.8. The molecule has 1 aliphatic carbocycles. The predicted octanol–water partition coefficient (Wildman–Crippen LogP) is 3.41. The minimum Gasteiger partial charge on any atom is -0.370 e. The summed E-state index contributed by atoms with van der Waals surface area (Å²) < 4.78 is 19.5. The number of amides is 1. The molecule has 1 aliphatic heterocycles. The van der Waals surface area contributed by atoms with Crippen LogP contribution in [0.2, 0.25) is 10.0 Å². The van der Waals surface area contributed by atoms with Crippen molar-refractivity contribution < 1.29 is 13.9 Å². The molecule has 0 radical (unpaired) electrons. The van der Waals surface area contributed by atoms with E-state index in [1.54, 1.807) is 4.90 Å². The molecule has 3 rings (SSSR count). The molecular weight excluding hydrogens is 354 g/mol. The third kappa shape index (κ3) is 3.54. The number of halogens is 3. The van der Waals surface area contributed by atoms with Gasteiger partial charge in [0.2, 0.25) is 5.91 Å². The summed E-state index contributed by atoms with van der Waals surface area (Å²) in [5.41, 5.74) is 6.32. The fourth-order valence-electron chi connectivity index (χ4n) is 3.70. The molecule has 1 aromatic rings. The van der Waals surface area contributed by atoms with Crippen molar-refractivity contribution >= 4 is 29.1 Å². The van der Waals surface area contributed by atoms with E-state index in [9.17, 15) is 9.18 Å². The first-order chi connectivity index (χ1) is 11.5. The Morgan fingerprint density at radius 1 is 1.33 bits per heavy atom. The second-order valence-electron chi connectivity index (χ2n) is 6.46. The van der Waals surface area contributed by atoms with Crippen LogP contribution in [0.1, 0.15) is 30.9 Å². The maximum absolute atomic E-state index is 13.8. The third-order valence-corrected chi connectivity index (χ3v) is 5.66. The van der Waals surface area contributed by atoms with E-state index in [0.717, 1.165) is 19.3 Å². The number of nitrogens with zero attached hydrogens (tertiary/aromatic N) is 1. The van der Waals surface area contributed by atoms with Crippen molar-refractivity contribution in [1.29, 1.82) is 0 Å². The van der Waals surface area contributed by atoms with E-state index in [-0.39, 0.29) is 22.8 Å². The Morgan fingerprint density at radius 2 is 2.12 bits per heavy atom. The Kier molecular flexibility index (Phi) is 5.65. The van der Waals surface area contributed by atoms with Crippen LogP contribution in [0.3, 0.4) is 0 Å². The SMILES string of the molecule is NC[C@H]1CCC[C@H]1C(=O)N1CCOC(c2cc(F)c(Cl)cc2Cl)C1. The van der Waals surface area contributed by atoms with Crippen LogP contribution in [-0.4, -0.2) is 37.0 Å². The molecule has 2 fully saturated rings. The Labute approximate surface area is 151 Å². The van der Waals surface area contributed by atoms with Gasteiger partial charge in [-0.2, -0.15) is 0 Å². The van der Waals surface area contributed by atoms with Crippen molar-refractivity contribution in [2.24, 2.45) is 17.6 Å². The molecule has 1 heterocycles. The molecular formula is C17H21Cl2FN2O2. The summed E-state index contributed by atoms with van der Waals surface area (Å²) in [5.74, 6) is -0.162. The van der Waals surface area contributed by atoms with E-state index in [1.807, 2.05) is 0 Å². The summed E-state index contributed by atoms with van der Waals surface area (Å²) in [6, 6.07) is 2.67. The van der Waals surface area contributed by atoms with Crippen LogP contribution in [0.5, 0.6) is 0 Å². The normalized spacial score (nSPS) is 27.5. The fourth-order valence-corrected chi connectivity index (χ4v) is 4.21. The monoisotopic (exact) mass is 374 g/mol. The molecule has 0 spiro atoms. The summed E-state index contributed by atoms with van der Waals surface area (Å²) in [4.78, 5) is 14.6. The minimum absolute atomic E-state index is 0.00817. The lowest BCUT2D eigenvalue weighted by molar-refractivity contribution is -0.144. The molecule has 2 aliphatic rings. The van der Waals surface area contributed by atoms with Gasteiger partial charge in [0.25, 0.3) is 0 Å². The molecule has 4 nitrogen and oxygen atoms in total. The minimum atomic E-state index is -0.540. The topological polar surface area (TPSA) is 55.6 Å². The first kappa shape index (κ1) is 17.9. The molecule has 0 bridgehead atoms. The van der Waals surface area contributed by atoms with E-state index in [4.69, 9.17) is 33.7 Å². The molecule has 1 aromatic carbocycles. The Bertz CT molecular complexity index is 629. The Balaban J connectivity index is 1.75. The molecule has 1 saturated heterocycles. The maximum Gasteiger partial charge on any atom is 0.226 e. The van der Waals surface area contributed by atoms with Gasteiger partial charge >= 0.3 is 0 Å². The van der Waals surface area contributed by atoms with Crippen molar-refractivity contribution in [3.05, 3.63) is 33.6 Å². The van der Waals surface area contributed by atoms with Crippen molar-refractivity contribution in [2.45, 2.75) is 25.4 Å². The van der Waals surface area contributed by atoms with Gasteiger partial charge in [0.1, 0.15) is 11.9 Å². The zero-order chi connectivity index (χ0) is 17.3. The smallest absolute Gasteiger partial charge is 0.226 e. The second kappa shape index (κ2) is 7.56. The summed E-state index contributed by atoms with van der Waals surface area (Å²) in [5, 5.41) is 0.325. The van der Waals surface area contributed by atoms with Gasteiger partial charge in [-0.05, 0) is 37.4 Å². The van der Waals surface area contributed by atoms with Crippen LogP contribution in [-0.2, 0) is 9.53 Å². The number of carbonyl (C=O) groups excluding carboxylic acids is 1. The largest absolute Gasteiger partial charge is 0.370 e. The van der Waals surface area contributed by atoms with Crippen LogP contribution >= 0.6 is 23.2 Å². The van der Waals surface area contributed by atoms with Crippen molar-refractivity contribution in [1.82, 2.24) is 4.90 Å². The highest BCUT2D eigenvalue weighted by molar-refractivity contribution is 6.35. The highest BCUT2D eigenvalue weighted by Gasteiger charge is 2.37. The average Bonchev–Trinajstić information content (AvgIpc) is 3.06. The molecule has 1 amide bonds. The van der Waals surface area contributed by atoms with Gasteiger partial charge in [-0.25, -0.2) is 4.39 Å². The number of nitrogens with two attached hydrogens (primary N) is 1. The third-order valence-electron chi connectivity index (χ3n) is 5.04. The van der Waals surface area contributed by atoms with Crippen LogP contribution in [0, 0.1) is 17.7 Å². The van der Waals surface area contributed by atoms with Crippen molar-refractivity contribution in [3.8, 4) is 0 Å². The average molecular weight is 375 g/mol. The summed E-state index contributed by atoms with van der Waals surface area (Å²) >= 11 is 11.9. The van der Waals surface area contributed by atoms with E-state index in [1.165, 1.54) is 12.1 Å². The fraction of sp³-hybridized carbons (Fsp3) is 0.588. The number of benzene rings is 1. The lowest BCUT2D eigenvalue weighted by Crippen LogP contribution is -2.46. The number of carbonyl (C=O) groups is 1. The molecule has 1 saturated carbocycles. The van der Waals surface area contributed by atoms with Crippen LogP contribution in [0.4, 0.5) is 4.39 Å². The standard InChI is InChI=1S/C17H21Cl2FN2O2/c18-13-7-14(19)15(20)6-12(13)16-9-22(4-5-24-16)17(23)11-3-1-2-10(11)8-21/h6-7,10-11,16H,1-5,8-9,21H2/t10-,11-,16?/m1/s1. The number of morpholine rings is 1. The number of hydrogen-bond acceptors (Lipinski definition) is 3. The quantitative estimate of drug-likeness (QED) is 0.824. The molecule has 0 aromatic heterocycles. The predicted molar refractivity (Wildman–Crippen MR) is 91.6 cm³/mol. The lowest BCUT2D eigenvalue weighted by Gasteiger charge is -2.36. The molecule has 7 heteroatoms. The Morgan fingerprint density at radius 3 is 2.88 bits per heavy atom. The molecule has 2 N–H and O–H groups in total. The number of rotatable bonds is 3. The van der Waals surface area contributed by atoms with Gasteiger partial charge in [0, 0.05) is 23.0 Å². The van der Waals surface area contributed by atoms with Crippen molar-refractivity contribution in [2.75, 3.05) is 26.2 Å². The number of ether oxygens (including phenoxy) is 1. The van der Waals surface area contributed by atoms with Gasteiger partial charge in [0.15, 0.2) is 0 Å². The van der Waals surface area contributed by atoms with E-state index in [0.29, 0.717) is 36.8 Å². The van der Waals surface area contributed by atoms with Crippen LogP contribution < -0.4 is 5.73 Å². The maximum atomic E-state index is 13.8. The van der Waals surface area contributed by atoms with Gasteiger partial charge in [0.05, 0.1) is 18.2 Å². The molecule has 3 atom stereocenters. The first-order valence-electron chi connectivity index (χ1n) is 8.26. The van der Waals surface area contributed by atoms with E-state index < -0.39 is 11.9 Å².